The highest BCUT2D eigenvalue weighted by atomic mass is 19.1. The molecule has 1 unspecified atom stereocenters. The number of pyridine rings is 1. The van der Waals surface area contributed by atoms with Crippen LogP contribution in [0.1, 0.15) is 18.9 Å². The summed E-state index contributed by atoms with van der Waals surface area (Å²) in [6.45, 7) is 1.57. The van der Waals surface area contributed by atoms with Gasteiger partial charge >= 0.3 is 0 Å². The molecule has 16 heavy (non-hydrogen) atoms. The molecule has 3 N–H and O–H groups in total. The molecular weight excluding hydrogens is 213 g/mol. The van der Waals surface area contributed by atoms with Gasteiger partial charge in [0.25, 0.3) is 0 Å². The molecule has 1 atom stereocenters. The van der Waals surface area contributed by atoms with Crippen LogP contribution in [0.4, 0.5) is 16.0 Å². The zero-order valence-electron chi connectivity index (χ0n) is 8.48. The van der Waals surface area contributed by atoms with Crippen molar-refractivity contribution in [3.05, 3.63) is 30.1 Å². The molecule has 2 aromatic heterocycles. The van der Waals surface area contributed by atoms with E-state index in [4.69, 9.17) is 0 Å². The van der Waals surface area contributed by atoms with Crippen LogP contribution in [0.25, 0.3) is 0 Å². The lowest BCUT2D eigenvalue weighted by molar-refractivity contribution is 0.189. The molecule has 2 heterocycles. The van der Waals surface area contributed by atoms with Crippen molar-refractivity contribution in [3.63, 3.8) is 0 Å². The van der Waals surface area contributed by atoms with Crippen molar-refractivity contribution < 1.29 is 9.50 Å². The average Bonchev–Trinajstić information content (AvgIpc) is 2.70. The Morgan fingerprint density at radius 1 is 1.50 bits per heavy atom. The molecule has 0 aliphatic rings. The van der Waals surface area contributed by atoms with Gasteiger partial charge in [0.2, 0.25) is 11.9 Å². The second-order valence-electron chi connectivity index (χ2n) is 3.21. The highest BCUT2D eigenvalue weighted by molar-refractivity contribution is 5.50. The van der Waals surface area contributed by atoms with Gasteiger partial charge in [-0.15, -0.1) is 5.10 Å². The topological polar surface area (TPSA) is 86.7 Å². The van der Waals surface area contributed by atoms with Crippen LogP contribution in [0.2, 0.25) is 0 Å². The van der Waals surface area contributed by atoms with Crippen LogP contribution in [0, 0.1) is 5.95 Å². The molecule has 0 aromatic carbocycles. The molecule has 2 rings (SSSR count). The first-order valence-electron chi connectivity index (χ1n) is 4.64. The van der Waals surface area contributed by atoms with E-state index in [9.17, 15) is 9.50 Å². The molecule has 2 aromatic rings. The van der Waals surface area contributed by atoms with Crippen molar-refractivity contribution in [3.8, 4) is 0 Å². The van der Waals surface area contributed by atoms with Crippen LogP contribution in [0.15, 0.2) is 18.3 Å². The van der Waals surface area contributed by atoms with Crippen molar-refractivity contribution in [2.24, 2.45) is 0 Å². The lowest BCUT2D eigenvalue weighted by Gasteiger charge is -1.99. The summed E-state index contributed by atoms with van der Waals surface area (Å²) >= 11 is 0. The summed E-state index contributed by atoms with van der Waals surface area (Å²) in [7, 11) is 0. The Balaban J connectivity index is 2.11. The van der Waals surface area contributed by atoms with Crippen LogP contribution in [0.5, 0.6) is 0 Å². The Hall–Kier alpha value is -2.02. The Kier molecular flexibility index (Phi) is 2.78. The van der Waals surface area contributed by atoms with E-state index in [1.54, 1.807) is 6.92 Å². The van der Waals surface area contributed by atoms with Gasteiger partial charge < -0.3 is 10.4 Å². The zero-order valence-corrected chi connectivity index (χ0v) is 8.48. The predicted molar refractivity (Wildman–Crippen MR) is 54.5 cm³/mol. The monoisotopic (exact) mass is 223 g/mol. The van der Waals surface area contributed by atoms with Gasteiger partial charge in [-0.05, 0) is 19.1 Å². The van der Waals surface area contributed by atoms with Gasteiger partial charge in [-0.1, -0.05) is 0 Å². The fourth-order valence-electron chi connectivity index (χ4n) is 1.10. The average molecular weight is 223 g/mol. The van der Waals surface area contributed by atoms with E-state index in [-0.39, 0.29) is 0 Å². The maximum atomic E-state index is 12.5. The Morgan fingerprint density at radius 3 is 2.88 bits per heavy atom. The summed E-state index contributed by atoms with van der Waals surface area (Å²) in [4.78, 5) is 7.45. The van der Waals surface area contributed by atoms with E-state index < -0.39 is 12.1 Å². The van der Waals surface area contributed by atoms with E-state index in [0.29, 0.717) is 17.5 Å². The zero-order chi connectivity index (χ0) is 11.5. The first-order chi connectivity index (χ1) is 7.65. The minimum Gasteiger partial charge on any atom is -0.385 e. The van der Waals surface area contributed by atoms with Gasteiger partial charge in [-0.3, -0.25) is 5.10 Å². The summed E-state index contributed by atoms with van der Waals surface area (Å²) in [6.07, 6.45) is 0.614. The Morgan fingerprint density at radius 2 is 2.31 bits per heavy atom. The van der Waals surface area contributed by atoms with Gasteiger partial charge in [0, 0.05) is 0 Å². The molecule has 0 fully saturated rings. The maximum absolute atomic E-state index is 12.5. The Bertz CT molecular complexity index is 467. The molecule has 0 aliphatic carbocycles. The number of nitrogens with one attached hydrogen (secondary N) is 2. The SMILES string of the molecule is CC(O)c1nc(Nc2ccc(F)nc2)n[nH]1. The maximum Gasteiger partial charge on any atom is 0.246 e. The van der Waals surface area contributed by atoms with E-state index in [1.165, 1.54) is 18.3 Å². The number of rotatable bonds is 3. The third kappa shape index (κ3) is 2.31. The third-order valence-corrected chi connectivity index (χ3v) is 1.88. The van der Waals surface area contributed by atoms with Gasteiger partial charge in [-0.25, -0.2) is 4.98 Å². The fraction of sp³-hybridized carbons (Fsp3) is 0.222. The smallest absolute Gasteiger partial charge is 0.246 e. The van der Waals surface area contributed by atoms with E-state index in [2.05, 4.69) is 25.5 Å². The van der Waals surface area contributed by atoms with Crippen molar-refractivity contribution >= 4 is 11.6 Å². The van der Waals surface area contributed by atoms with E-state index in [1.807, 2.05) is 0 Å². The van der Waals surface area contributed by atoms with E-state index in [0.717, 1.165) is 0 Å². The summed E-state index contributed by atoms with van der Waals surface area (Å²) in [6, 6.07) is 2.74. The largest absolute Gasteiger partial charge is 0.385 e. The van der Waals surface area contributed by atoms with Crippen molar-refractivity contribution in [2.45, 2.75) is 13.0 Å². The van der Waals surface area contributed by atoms with Crippen LogP contribution in [-0.2, 0) is 0 Å². The summed E-state index contributed by atoms with van der Waals surface area (Å²) in [5, 5.41) is 18.4. The van der Waals surface area contributed by atoms with Crippen molar-refractivity contribution in [1.82, 2.24) is 20.2 Å². The van der Waals surface area contributed by atoms with Gasteiger partial charge in [0.15, 0.2) is 5.82 Å². The number of aromatic nitrogens is 4. The second-order valence-corrected chi connectivity index (χ2v) is 3.21. The van der Waals surface area contributed by atoms with Gasteiger partial charge in [0.1, 0.15) is 6.10 Å². The Labute approximate surface area is 90.6 Å². The predicted octanol–water partition coefficient (Wildman–Crippen LogP) is 1.14. The van der Waals surface area contributed by atoms with Crippen LogP contribution >= 0.6 is 0 Å². The molecule has 0 bridgehead atoms. The molecule has 6 nitrogen and oxygen atoms in total. The number of aliphatic hydroxyl groups is 1. The minimum atomic E-state index is -0.714. The lowest BCUT2D eigenvalue weighted by atomic mass is 10.4. The molecule has 0 amide bonds. The number of H-pyrrole nitrogens is 1. The molecule has 0 saturated carbocycles. The van der Waals surface area contributed by atoms with E-state index >= 15 is 0 Å². The first kappa shape index (κ1) is 10.5. The quantitative estimate of drug-likeness (QED) is 0.679. The molecule has 7 heteroatoms. The van der Waals surface area contributed by atoms with Crippen molar-refractivity contribution in [1.29, 1.82) is 0 Å². The van der Waals surface area contributed by atoms with Gasteiger partial charge in [0.05, 0.1) is 11.9 Å². The first-order valence-corrected chi connectivity index (χ1v) is 4.64. The molecular formula is C9H10FN5O. The molecule has 0 radical (unpaired) electrons. The van der Waals surface area contributed by atoms with Gasteiger partial charge in [-0.2, -0.15) is 9.37 Å². The molecule has 84 valence electrons. The summed E-state index contributed by atoms with van der Waals surface area (Å²) < 4.78 is 12.5. The van der Waals surface area contributed by atoms with Crippen LogP contribution in [-0.4, -0.2) is 25.3 Å². The summed E-state index contributed by atoms with van der Waals surface area (Å²) in [5.41, 5.74) is 0.567. The number of aromatic amines is 1. The fourth-order valence-corrected chi connectivity index (χ4v) is 1.10. The minimum absolute atomic E-state index is 0.296. The second kappa shape index (κ2) is 4.23. The number of hydrogen-bond donors (Lipinski definition) is 3. The number of aliphatic hydroxyl groups excluding tert-OH is 1. The third-order valence-electron chi connectivity index (χ3n) is 1.88. The van der Waals surface area contributed by atoms with Crippen LogP contribution in [0.3, 0.4) is 0 Å². The number of nitrogens with zero attached hydrogens (tertiary/aromatic N) is 3. The summed E-state index contributed by atoms with van der Waals surface area (Å²) in [5.74, 6) is 0.104. The molecule has 0 saturated heterocycles. The number of anilines is 2. The highest BCUT2D eigenvalue weighted by Crippen LogP contribution is 2.13. The number of hydrogen-bond acceptors (Lipinski definition) is 5. The van der Waals surface area contributed by atoms with Crippen LogP contribution < -0.4 is 5.32 Å². The van der Waals surface area contributed by atoms with Crippen molar-refractivity contribution in [2.75, 3.05) is 5.32 Å². The molecule has 0 aliphatic heterocycles. The normalized spacial score (nSPS) is 12.4. The molecule has 0 spiro atoms. The number of halogens is 1. The lowest BCUT2D eigenvalue weighted by Crippen LogP contribution is -1.95. The highest BCUT2D eigenvalue weighted by Gasteiger charge is 2.07. The standard InChI is InChI=1S/C9H10FN5O/c1-5(16)8-13-9(15-14-8)12-6-2-3-7(10)11-4-6/h2-5,16H,1H3,(H2,12,13,14,15).